The molecule has 0 aliphatic carbocycles. The Morgan fingerprint density at radius 1 is 0.304 bits per heavy atom. The second kappa shape index (κ2) is 58.2. The van der Waals surface area contributed by atoms with Crippen LogP contribution in [0.5, 0.6) is 0 Å². The van der Waals surface area contributed by atoms with Gasteiger partial charge in [-0.1, -0.05) is 295 Å². The van der Waals surface area contributed by atoms with Crippen molar-refractivity contribution in [2.75, 3.05) is 13.2 Å². The topological polar surface area (TPSA) is 78.9 Å². The summed E-state index contributed by atoms with van der Waals surface area (Å²) in [6.45, 7) is 6.48. The first kappa shape index (κ1) is 66.6. The largest absolute Gasteiger partial charge is 0.462 e. The van der Waals surface area contributed by atoms with Gasteiger partial charge >= 0.3 is 17.9 Å². The highest BCUT2D eigenvalue weighted by Gasteiger charge is 2.19. The highest BCUT2D eigenvalue weighted by atomic mass is 16.6. The molecule has 0 aliphatic rings. The molecule has 1 unspecified atom stereocenters. The van der Waals surface area contributed by atoms with Crippen LogP contribution in [0.2, 0.25) is 0 Å². The summed E-state index contributed by atoms with van der Waals surface area (Å²) in [5.74, 6) is -0.881. The monoisotopic (exact) mass is 969 g/mol. The highest BCUT2D eigenvalue weighted by Crippen LogP contribution is 2.18. The Labute approximate surface area is 429 Å². The van der Waals surface area contributed by atoms with Crippen LogP contribution < -0.4 is 0 Å². The maximum absolute atomic E-state index is 12.8. The van der Waals surface area contributed by atoms with E-state index in [2.05, 4.69) is 57.2 Å². The zero-order chi connectivity index (χ0) is 50.0. The summed E-state index contributed by atoms with van der Waals surface area (Å²) in [4.78, 5) is 37.8. The highest BCUT2D eigenvalue weighted by molar-refractivity contribution is 5.71. The molecule has 0 fully saturated rings. The lowest BCUT2D eigenvalue weighted by atomic mass is 10.0. The van der Waals surface area contributed by atoms with Gasteiger partial charge < -0.3 is 14.2 Å². The van der Waals surface area contributed by atoms with Crippen LogP contribution in [0.1, 0.15) is 329 Å². The molecule has 0 radical (unpaired) electrons. The molecule has 6 heteroatoms. The molecule has 404 valence electrons. The Hall–Kier alpha value is -2.37. The lowest BCUT2D eigenvalue weighted by molar-refractivity contribution is -0.167. The lowest BCUT2D eigenvalue weighted by Crippen LogP contribution is -2.30. The average molecular weight is 970 g/mol. The molecule has 0 saturated carbocycles. The third kappa shape index (κ3) is 56.4. The van der Waals surface area contributed by atoms with Crippen LogP contribution in [0, 0.1) is 0 Å². The van der Waals surface area contributed by atoms with Gasteiger partial charge in [0.1, 0.15) is 13.2 Å². The number of rotatable bonds is 56. The minimum atomic E-state index is -0.771. The van der Waals surface area contributed by atoms with Crippen molar-refractivity contribution in [1.82, 2.24) is 0 Å². The summed E-state index contributed by atoms with van der Waals surface area (Å²) in [5, 5.41) is 0. The summed E-state index contributed by atoms with van der Waals surface area (Å²) >= 11 is 0. The predicted molar refractivity (Wildman–Crippen MR) is 298 cm³/mol. The van der Waals surface area contributed by atoms with Crippen molar-refractivity contribution in [3.8, 4) is 0 Å². The number of carbonyl (C=O) groups excluding carboxylic acids is 3. The van der Waals surface area contributed by atoms with Gasteiger partial charge in [-0.2, -0.15) is 0 Å². The molecular formula is C63H116O6. The van der Waals surface area contributed by atoms with E-state index in [1.807, 2.05) is 0 Å². The number of unbranched alkanes of at least 4 members (excludes halogenated alkanes) is 39. The lowest BCUT2D eigenvalue weighted by Gasteiger charge is -2.18. The van der Waals surface area contributed by atoms with Crippen LogP contribution in [-0.4, -0.2) is 37.2 Å². The van der Waals surface area contributed by atoms with Gasteiger partial charge in [-0.3, -0.25) is 14.4 Å². The fourth-order valence-corrected chi connectivity index (χ4v) is 9.11. The molecule has 0 aromatic heterocycles. The van der Waals surface area contributed by atoms with E-state index in [1.165, 1.54) is 199 Å². The van der Waals surface area contributed by atoms with Crippen LogP contribution in [0.25, 0.3) is 0 Å². The molecule has 0 rings (SSSR count). The van der Waals surface area contributed by atoms with Gasteiger partial charge in [-0.05, 0) is 51.4 Å². The predicted octanol–water partition coefficient (Wildman–Crippen LogP) is 20.4. The van der Waals surface area contributed by atoms with E-state index >= 15 is 0 Å². The van der Waals surface area contributed by atoms with Gasteiger partial charge in [0, 0.05) is 19.3 Å². The van der Waals surface area contributed by atoms with Crippen LogP contribution in [-0.2, 0) is 28.6 Å². The Morgan fingerprint density at radius 2 is 0.565 bits per heavy atom. The molecule has 0 spiro atoms. The quantitative estimate of drug-likeness (QED) is 0.0261. The molecule has 0 bridgehead atoms. The van der Waals surface area contributed by atoms with Crippen molar-refractivity contribution in [3.05, 3.63) is 36.5 Å². The van der Waals surface area contributed by atoms with Crippen molar-refractivity contribution < 1.29 is 28.6 Å². The smallest absolute Gasteiger partial charge is 0.306 e. The molecule has 6 nitrogen and oxygen atoms in total. The number of allylic oxidation sites excluding steroid dienone is 6. The first-order valence-electron chi connectivity index (χ1n) is 30.5. The van der Waals surface area contributed by atoms with Gasteiger partial charge in [-0.15, -0.1) is 0 Å². The second-order valence-corrected chi connectivity index (χ2v) is 20.6. The van der Waals surface area contributed by atoms with Crippen LogP contribution >= 0.6 is 0 Å². The van der Waals surface area contributed by atoms with Crippen molar-refractivity contribution in [1.29, 1.82) is 0 Å². The van der Waals surface area contributed by atoms with E-state index < -0.39 is 6.10 Å². The number of carbonyl (C=O) groups is 3. The third-order valence-corrected chi connectivity index (χ3v) is 13.7. The standard InChI is InChI=1S/C63H116O6/c1-4-7-10-13-15-17-19-21-23-25-26-27-28-29-30-31-32-33-34-35-36-38-39-41-43-45-47-50-53-56-62(65)68-59-60(58-67-61(64)55-52-49-12-9-6-3)69-63(66)57-54-51-48-46-44-42-40-37-24-22-20-18-16-14-11-8-5-2/h8,11,16,18,22,24,60H,4-7,9-10,12-15,17,19-21,23,25-59H2,1-3H3/b11-8-,18-16-,24-22-. The molecule has 0 aliphatic heterocycles. The van der Waals surface area contributed by atoms with Crippen LogP contribution in [0.15, 0.2) is 36.5 Å². The number of hydrogen-bond acceptors (Lipinski definition) is 6. The Kier molecular flexibility index (Phi) is 56.2. The van der Waals surface area contributed by atoms with Crippen LogP contribution in [0.3, 0.4) is 0 Å². The molecule has 69 heavy (non-hydrogen) atoms. The summed E-state index contributed by atoms with van der Waals surface area (Å²) < 4.78 is 16.7. The number of esters is 3. The maximum atomic E-state index is 12.8. The number of hydrogen-bond donors (Lipinski definition) is 0. The Balaban J connectivity index is 3.95. The summed E-state index contributed by atoms with van der Waals surface area (Å²) in [7, 11) is 0. The van der Waals surface area contributed by atoms with E-state index in [-0.39, 0.29) is 31.1 Å². The SMILES string of the molecule is CC/C=C\C/C=C\C/C=C\CCCCCCCCCC(=O)OC(COC(=O)CCCCCCC)COC(=O)CCCCCCCCCCCCCCCCCCCCCCCCCCCCCCC. The van der Waals surface area contributed by atoms with Crippen LogP contribution in [0.4, 0.5) is 0 Å². The van der Waals surface area contributed by atoms with Gasteiger partial charge in [0.05, 0.1) is 0 Å². The van der Waals surface area contributed by atoms with E-state index in [9.17, 15) is 14.4 Å². The Bertz CT molecular complexity index is 1160. The van der Waals surface area contributed by atoms with Gasteiger partial charge in [0.15, 0.2) is 6.10 Å². The number of ether oxygens (including phenoxy) is 3. The van der Waals surface area contributed by atoms with Gasteiger partial charge in [-0.25, -0.2) is 0 Å². The first-order chi connectivity index (χ1) is 34.0. The van der Waals surface area contributed by atoms with Crippen molar-refractivity contribution in [2.24, 2.45) is 0 Å². The maximum Gasteiger partial charge on any atom is 0.306 e. The van der Waals surface area contributed by atoms with E-state index in [0.717, 1.165) is 89.9 Å². The molecule has 0 aromatic carbocycles. The zero-order valence-corrected chi connectivity index (χ0v) is 46.3. The average Bonchev–Trinajstić information content (AvgIpc) is 3.35. The minimum Gasteiger partial charge on any atom is -0.462 e. The third-order valence-electron chi connectivity index (χ3n) is 13.7. The molecule has 1 atom stereocenters. The molecular weight excluding hydrogens is 853 g/mol. The summed E-state index contributed by atoms with van der Waals surface area (Å²) in [6.07, 6.45) is 70.7. The van der Waals surface area contributed by atoms with Gasteiger partial charge in [0.25, 0.3) is 0 Å². The molecule has 0 heterocycles. The van der Waals surface area contributed by atoms with Crippen molar-refractivity contribution in [3.63, 3.8) is 0 Å². The molecule has 0 saturated heterocycles. The van der Waals surface area contributed by atoms with Gasteiger partial charge in [0.2, 0.25) is 0 Å². The van der Waals surface area contributed by atoms with E-state index in [1.54, 1.807) is 0 Å². The molecule has 0 aromatic rings. The zero-order valence-electron chi connectivity index (χ0n) is 46.3. The van der Waals surface area contributed by atoms with E-state index in [0.29, 0.717) is 19.3 Å². The summed E-state index contributed by atoms with van der Waals surface area (Å²) in [5.41, 5.74) is 0. The Morgan fingerprint density at radius 3 is 0.884 bits per heavy atom. The van der Waals surface area contributed by atoms with E-state index in [4.69, 9.17) is 14.2 Å². The van der Waals surface area contributed by atoms with Crippen molar-refractivity contribution >= 4 is 17.9 Å². The summed E-state index contributed by atoms with van der Waals surface area (Å²) in [6, 6.07) is 0. The fraction of sp³-hybridized carbons (Fsp3) is 0.857. The first-order valence-corrected chi connectivity index (χ1v) is 30.5. The minimum absolute atomic E-state index is 0.0730. The molecule has 0 N–H and O–H groups in total. The van der Waals surface area contributed by atoms with Crippen molar-refractivity contribution in [2.45, 2.75) is 335 Å². The fourth-order valence-electron chi connectivity index (χ4n) is 9.11. The molecule has 0 amide bonds. The normalized spacial score (nSPS) is 12.2. The second-order valence-electron chi connectivity index (χ2n) is 20.6.